The molecule has 3 rings (SSSR count). The Morgan fingerprint density at radius 1 is 1.12 bits per heavy atom. The fourth-order valence-corrected chi connectivity index (χ4v) is 3.27. The second kappa shape index (κ2) is 9.15. The van der Waals surface area contributed by atoms with Crippen LogP contribution in [0.3, 0.4) is 0 Å². The molecule has 0 bridgehead atoms. The lowest BCUT2D eigenvalue weighted by atomic mass is 10.0. The summed E-state index contributed by atoms with van der Waals surface area (Å²) in [4.78, 5) is 26.0. The normalized spacial score (nSPS) is 14.0. The van der Waals surface area contributed by atoms with Crippen molar-refractivity contribution in [2.45, 2.75) is 52.0 Å². The molecule has 1 aliphatic carbocycles. The van der Waals surface area contributed by atoms with Crippen LogP contribution in [-0.2, 0) is 22.3 Å². The van der Waals surface area contributed by atoms with E-state index in [1.54, 1.807) is 0 Å². The quantitative estimate of drug-likeness (QED) is 0.436. The highest BCUT2D eigenvalue weighted by molar-refractivity contribution is 5.96. The van der Waals surface area contributed by atoms with Crippen LogP contribution < -0.4 is 9.64 Å². The summed E-state index contributed by atoms with van der Waals surface area (Å²) in [6.45, 7) is 4.14. The third kappa shape index (κ3) is 5.78. The van der Waals surface area contributed by atoms with Gasteiger partial charge in [-0.25, -0.2) is 9.18 Å². The molecule has 1 amide bonds. The molecule has 0 radical (unpaired) electrons. The topological polar surface area (TPSA) is 76.1 Å². The molecule has 0 aliphatic heterocycles. The molecule has 0 unspecified atom stereocenters. The van der Waals surface area contributed by atoms with Gasteiger partial charge in [0, 0.05) is 24.6 Å². The Labute approximate surface area is 194 Å². The van der Waals surface area contributed by atoms with Crippen LogP contribution in [-0.4, -0.2) is 29.6 Å². The number of halogens is 4. The monoisotopic (exact) mass is 483 g/mol. The van der Waals surface area contributed by atoms with Crippen LogP contribution in [0.25, 0.3) is 0 Å². The van der Waals surface area contributed by atoms with Crippen molar-refractivity contribution in [2.75, 3.05) is 11.9 Å². The first-order chi connectivity index (χ1) is 15.7. The predicted molar refractivity (Wildman–Crippen MR) is 115 cm³/mol. The zero-order valence-corrected chi connectivity index (χ0v) is 19.1. The van der Waals surface area contributed by atoms with E-state index in [0.717, 1.165) is 25.0 Å². The first-order valence-electron chi connectivity index (χ1n) is 10.5. The van der Waals surface area contributed by atoms with Gasteiger partial charge in [0.25, 0.3) is 0 Å². The zero-order valence-electron chi connectivity index (χ0n) is 19.1. The molecule has 0 aromatic heterocycles. The van der Waals surface area contributed by atoms with Crippen molar-refractivity contribution >= 4 is 17.6 Å². The standard InChI is InChI=1S/C24H25F4NO5/c1-23(2,3)34-22(32)19-14(7-9-16(20(19)30)24(26,27)28)12-33-15-8-10-18(17(25)11-15)29(4)21(31)13-5-6-13/h7-11,13,30H,5-6,12H2,1-4H3. The Bertz CT molecular complexity index is 1100. The van der Waals surface area contributed by atoms with Crippen molar-refractivity contribution in [3.05, 3.63) is 52.8 Å². The Morgan fingerprint density at radius 2 is 1.76 bits per heavy atom. The van der Waals surface area contributed by atoms with E-state index in [9.17, 15) is 32.3 Å². The van der Waals surface area contributed by atoms with Crippen molar-refractivity contribution in [2.24, 2.45) is 5.92 Å². The van der Waals surface area contributed by atoms with Gasteiger partial charge in [-0.2, -0.15) is 13.2 Å². The van der Waals surface area contributed by atoms with E-state index in [-0.39, 0.29) is 28.8 Å². The molecule has 2 aromatic rings. The van der Waals surface area contributed by atoms with Crippen LogP contribution in [0, 0.1) is 11.7 Å². The largest absolute Gasteiger partial charge is 0.506 e. The average Bonchev–Trinajstić information content (AvgIpc) is 3.54. The minimum Gasteiger partial charge on any atom is -0.506 e. The van der Waals surface area contributed by atoms with Gasteiger partial charge in [-0.15, -0.1) is 0 Å². The maximum atomic E-state index is 14.6. The number of carbonyl (C=O) groups is 2. The van der Waals surface area contributed by atoms with Gasteiger partial charge in [0.15, 0.2) is 5.82 Å². The molecule has 10 heteroatoms. The fourth-order valence-electron chi connectivity index (χ4n) is 3.27. The average molecular weight is 483 g/mol. The molecule has 0 heterocycles. The maximum absolute atomic E-state index is 14.6. The highest BCUT2D eigenvalue weighted by Gasteiger charge is 2.37. The summed E-state index contributed by atoms with van der Waals surface area (Å²) in [7, 11) is 1.47. The second-order valence-electron chi connectivity index (χ2n) is 9.07. The first-order valence-corrected chi connectivity index (χ1v) is 10.5. The zero-order chi connectivity index (χ0) is 25.4. The number of phenolic OH excluding ortho intramolecular Hbond substituents is 1. The van der Waals surface area contributed by atoms with Gasteiger partial charge in [0.2, 0.25) is 5.91 Å². The molecule has 1 aliphatic rings. The van der Waals surface area contributed by atoms with Gasteiger partial charge in [-0.05, 0) is 51.8 Å². The van der Waals surface area contributed by atoms with Crippen LogP contribution in [0.1, 0.15) is 55.1 Å². The number of nitrogens with zero attached hydrogens (tertiary/aromatic N) is 1. The molecule has 34 heavy (non-hydrogen) atoms. The number of esters is 1. The molecular formula is C24H25F4NO5. The van der Waals surface area contributed by atoms with Gasteiger partial charge >= 0.3 is 12.1 Å². The van der Waals surface area contributed by atoms with Crippen LogP contribution in [0.5, 0.6) is 11.5 Å². The number of hydrogen-bond acceptors (Lipinski definition) is 5. The number of anilines is 1. The minimum absolute atomic E-state index is 0.0167. The van der Waals surface area contributed by atoms with Gasteiger partial charge < -0.3 is 19.5 Å². The minimum atomic E-state index is -4.90. The summed E-state index contributed by atoms with van der Waals surface area (Å²) in [5.74, 6) is -3.42. The smallest absolute Gasteiger partial charge is 0.419 e. The number of rotatable bonds is 6. The highest BCUT2D eigenvalue weighted by atomic mass is 19.4. The lowest BCUT2D eigenvalue weighted by molar-refractivity contribution is -0.138. The van der Waals surface area contributed by atoms with Gasteiger partial charge in [0.05, 0.1) is 11.3 Å². The van der Waals surface area contributed by atoms with E-state index in [1.807, 2.05) is 0 Å². The first kappa shape index (κ1) is 25.3. The van der Waals surface area contributed by atoms with E-state index >= 15 is 0 Å². The number of benzene rings is 2. The lowest BCUT2D eigenvalue weighted by Gasteiger charge is -2.22. The Morgan fingerprint density at radius 3 is 2.29 bits per heavy atom. The Hall–Kier alpha value is -3.30. The molecule has 0 spiro atoms. The molecular weight excluding hydrogens is 458 g/mol. The van der Waals surface area contributed by atoms with E-state index < -0.39 is 47.0 Å². The molecule has 1 N–H and O–H groups in total. The number of ether oxygens (including phenoxy) is 2. The summed E-state index contributed by atoms with van der Waals surface area (Å²) in [5.41, 5.74) is -3.12. The number of phenols is 1. The van der Waals surface area contributed by atoms with Crippen LogP contribution in [0.4, 0.5) is 23.2 Å². The van der Waals surface area contributed by atoms with Gasteiger partial charge in [-0.1, -0.05) is 6.07 Å². The number of amides is 1. The molecule has 0 saturated heterocycles. The van der Waals surface area contributed by atoms with E-state index in [2.05, 4.69) is 0 Å². The maximum Gasteiger partial charge on any atom is 0.419 e. The van der Waals surface area contributed by atoms with Crippen molar-refractivity contribution in [1.82, 2.24) is 0 Å². The lowest BCUT2D eigenvalue weighted by Crippen LogP contribution is -2.28. The molecule has 1 fully saturated rings. The number of hydrogen-bond donors (Lipinski definition) is 1. The van der Waals surface area contributed by atoms with E-state index in [4.69, 9.17) is 9.47 Å². The van der Waals surface area contributed by atoms with Crippen LogP contribution >= 0.6 is 0 Å². The third-order valence-electron chi connectivity index (χ3n) is 5.10. The summed E-state index contributed by atoms with van der Waals surface area (Å²) in [6.07, 6.45) is -3.36. The molecule has 1 saturated carbocycles. The van der Waals surface area contributed by atoms with Crippen molar-refractivity contribution in [1.29, 1.82) is 0 Å². The predicted octanol–water partition coefficient (Wildman–Crippen LogP) is 5.46. The van der Waals surface area contributed by atoms with Crippen molar-refractivity contribution in [3.8, 4) is 11.5 Å². The molecule has 184 valence electrons. The third-order valence-corrected chi connectivity index (χ3v) is 5.10. The summed E-state index contributed by atoms with van der Waals surface area (Å²) >= 11 is 0. The SMILES string of the molecule is CN(C(=O)C1CC1)c1ccc(OCc2ccc(C(F)(F)F)c(O)c2C(=O)OC(C)(C)C)cc1F. The molecule has 2 aromatic carbocycles. The van der Waals surface area contributed by atoms with Crippen LogP contribution in [0.2, 0.25) is 0 Å². The second-order valence-corrected chi connectivity index (χ2v) is 9.07. The Balaban J connectivity index is 1.86. The highest BCUT2D eigenvalue weighted by Crippen LogP contribution is 2.40. The summed E-state index contributed by atoms with van der Waals surface area (Å²) < 4.78 is 65.0. The number of aromatic hydroxyl groups is 1. The van der Waals surface area contributed by atoms with Gasteiger partial charge in [-0.3, -0.25) is 4.79 Å². The molecule has 6 nitrogen and oxygen atoms in total. The number of alkyl halides is 3. The van der Waals surface area contributed by atoms with E-state index in [1.165, 1.54) is 44.9 Å². The van der Waals surface area contributed by atoms with Crippen molar-refractivity contribution in [3.63, 3.8) is 0 Å². The van der Waals surface area contributed by atoms with E-state index in [0.29, 0.717) is 6.07 Å². The Kier molecular flexibility index (Phi) is 6.82. The summed E-state index contributed by atoms with van der Waals surface area (Å²) in [6, 6.07) is 5.40. The summed E-state index contributed by atoms with van der Waals surface area (Å²) in [5, 5.41) is 10.2. The number of carbonyl (C=O) groups excluding carboxylic acids is 2. The van der Waals surface area contributed by atoms with Gasteiger partial charge in [0.1, 0.15) is 29.3 Å². The molecule has 0 atom stereocenters. The van der Waals surface area contributed by atoms with Crippen LogP contribution in [0.15, 0.2) is 30.3 Å². The fraction of sp³-hybridized carbons (Fsp3) is 0.417. The van der Waals surface area contributed by atoms with Crippen molar-refractivity contribution < 1.29 is 41.7 Å².